The zero-order chi connectivity index (χ0) is 20.7. The highest BCUT2D eigenvalue weighted by molar-refractivity contribution is 7.89. The average Bonchev–Trinajstić information content (AvgIpc) is 2.67. The molecule has 0 aromatic heterocycles. The summed E-state index contributed by atoms with van der Waals surface area (Å²) in [6.45, 7) is 5.40. The third kappa shape index (κ3) is 6.00. The van der Waals surface area contributed by atoms with Gasteiger partial charge in [0.1, 0.15) is 0 Å². The number of rotatable bonds is 9. The second-order valence-corrected chi connectivity index (χ2v) is 8.43. The molecular formula is C21H26N2O4S. The maximum Gasteiger partial charge on any atom is 0.240 e. The first-order valence-corrected chi connectivity index (χ1v) is 10.7. The van der Waals surface area contributed by atoms with Gasteiger partial charge in [-0.15, -0.1) is 0 Å². The molecule has 0 aliphatic carbocycles. The average molecular weight is 403 g/mol. The molecule has 2 aromatic rings. The molecular weight excluding hydrogens is 376 g/mol. The first-order chi connectivity index (χ1) is 13.2. The van der Waals surface area contributed by atoms with Crippen molar-refractivity contribution in [2.45, 2.75) is 44.6 Å². The van der Waals surface area contributed by atoms with Gasteiger partial charge in [-0.1, -0.05) is 48.9 Å². The van der Waals surface area contributed by atoms with E-state index in [1.807, 2.05) is 38.1 Å². The van der Waals surface area contributed by atoms with Crippen molar-refractivity contribution in [3.63, 3.8) is 0 Å². The molecule has 0 fully saturated rings. The van der Waals surface area contributed by atoms with E-state index in [9.17, 15) is 18.0 Å². The molecule has 0 saturated carbocycles. The number of hydrogen-bond donors (Lipinski definition) is 2. The third-order valence-electron chi connectivity index (χ3n) is 4.44. The second-order valence-electron chi connectivity index (χ2n) is 6.67. The van der Waals surface area contributed by atoms with Crippen LogP contribution in [-0.4, -0.2) is 26.7 Å². The maximum absolute atomic E-state index is 12.3. The summed E-state index contributed by atoms with van der Waals surface area (Å²) in [7, 11) is -3.73. The van der Waals surface area contributed by atoms with Crippen molar-refractivity contribution < 1.29 is 18.0 Å². The van der Waals surface area contributed by atoms with E-state index < -0.39 is 10.0 Å². The Balaban J connectivity index is 1.89. The number of amides is 1. The van der Waals surface area contributed by atoms with Gasteiger partial charge in [0.15, 0.2) is 5.78 Å². The minimum atomic E-state index is -3.73. The Morgan fingerprint density at radius 3 is 2.14 bits per heavy atom. The molecule has 0 heterocycles. The highest BCUT2D eigenvalue weighted by atomic mass is 32.2. The standard InChI is InChI=1S/C21H26N2O4S/c1-4-20(18-7-5-15(2)6-8-18)23-21(25)13-14-22-28(26,27)19-11-9-17(10-12-19)16(3)24/h5-12,20,22H,4,13-14H2,1-3H3,(H,23,25). The molecule has 28 heavy (non-hydrogen) atoms. The highest BCUT2D eigenvalue weighted by Gasteiger charge is 2.16. The van der Waals surface area contributed by atoms with Gasteiger partial charge in [0.2, 0.25) is 15.9 Å². The van der Waals surface area contributed by atoms with Gasteiger partial charge in [0.05, 0.1) is 10.9 Å². The SMILES string of the molecule is CCC(NC(=O)CCNS(=O)(=O)c1ccc(C(C)=O)cc1)c1ccc(C)cc1. The van der Waals surface area contributed by atoms with E-state index in [4.69, 9.17) is 0 Å². The van der Waals surface area contributed by atoms with Crippen LogP contribution in [0.4, 0.5) is 0 Å². The predicted octanol–water partition coefficient (Wildman–Crippen LogP) is 3.13. The van der Waals surface area contributed by atoms with E-state index in [2.05, 4.69) is 10.0 Å². The fraction of sp³-hybridized carbons (Fsp3) is 0.333. The van der Waals surface area contributed by atoms with Gasteiger partial charge in [0.25, 0.3) is 0 Å². The zero-order valence-electron chi connectivity index (χ0n) is 16.4. The molecule has 2 N–H and O–H groups in total. The summed E-state index contributed by atoms with van der Waals surface area (Å²) in [6.07, 6.45) is 0.774. The number of nitrogens with one attached hydrogen (secondary N) is 2. The number of carbonyl (C=O) groups excluding carboxylic acids is 2. The molecule has 0 bridgehead atoms. The van der Waals surface area contributed by atoms with Gasteiger partial charge in [-0.3, -0.25) is 9.59 Å². The van der Waals surface area contributed by atoms with Crippen LogP contribution in [0.25, 0.3) is 0 Å². The third-order valence-corrected chi connectivity index (χ3v) is 5.92. The van der Waals surface area contributed by atoms with Crippen LogP contribution in [0.2, 0.25) is 0 Å². The monoisotopic (exact) mass is 402 g/mol. The van der Waals surface area contributed by atoms with E-state index in [0.29, 0.717) is 5.56 Å². The Kier molecular flexibility index (Phi) is 7.48. The minimum Gasteiger partial charge on any atom is -0.349 e. The van der Waals surface area contributed by atoms with Crippen LogP contribution >= 0.6 is 0 Å². The van der Waals surface area contributed by atoms with Gasteiger partial charge in [0, 0.05) is 18.5 Å². The quantitative estimate of drug-likeness (QED) is 0.630. The number of Topliss-reactive ketones (excluding diaryl/α,β-unsaturated/α-hetero) is 1. The summed E-state index contributed by atoms with van der Waals surface area (Å²) >= 11 is 0. The number of sulfonamides is 1. The fourth-order valence-electron chi connectivity index (χ4n) is 2.74. The van der Waals surface area contributed by atoms with Gasteiger partial charge in [-0.25, -0.2) is 13.1 Å². The van der Waals surface area contributed by atoms with Gasteiger partial charge >= 0.3 is 0 Å². The Morgan fingerprint density at radius 2 is 1.61 bits per heavy atom. The van der Waals surface area contributed by atoms with Crippen molar-refractivity contribution in [2.75, 3.05) is 6.54 Å². The predicted molar refractivity (Wildman–Crippen MR) is 109 cm³/mol. The highest BCUT2D eigenvalue weighted by Crippen LogP contribution is 2.17. The van der Waals surface area contributed by atoms with Crippen molar-refractivity contribution in [3.05, 3.63) is 65.2 Å². The van der Waals surface area contributed by atoms with Crippen molar-refractivity contribution in [3.8, 4) is 0 Å². The van der Waals surface area contributed by atoms with Crippen LogP contribution in [0.15, 0.2) is 53.4 Å². The number of benzene rings is 2. The summed E-state index contributed by atoms with van der Waals surface area (Å²) in [5, 5.41) is 2.94. The molecule has 0 spiro atoms. The van der Waals surface area contributed by atoms with Gasteiger partial charge in [-0.2, -0.15) is 0 Å². The van der Waals surface area contributed by atoms with Crippen molar-refractivity contribution in [2.24, 2.45) is 0 Å². The second kappa shape index (κ2) is 9.61. The van der Waals surface area contributed by atoms with E-state index >= 15 is 0 Å². The van der Waals surface area contributed by atoms with E-state index in [-0.39, 0.29) is 35.6 Å². The molecule has 1 unspecified atom stereocenters. The normalized spacial score (nSPS) is 12.4. The molecule has 0 saturated heterocycles. The summed E-state index contributed by atoms with van der Waals surface area (Å²) in [6, 6.07) is 13.5. The van der Waals surface area contributed by atoms with Crippen molar-refractivity contribution >= 4 is 21.7 Å². The molecule has 6 nitrogen and oxygen atoms in total. The number of aryl methyl sites for hydroxylation is 1. The lowest BCUT2D eigenvalue weighted by molar-refractivity contribution is -0.121. The molecule has 2 rings (SSSR count). The van der Waals surface area contributed by atoms with Crippen LogP contribution in [0.5, 0.6) is 0 Å². The lowest BCUT2D eigenvalue weighted by Gasteiger charge is -2.18. The van der Waals surface area contributed by atoms with E-state index in [0.717, 1.165) is 17.5 Å². The van der Waals surface area contributed by atoms with Crippen LogP contribution in [-0.2, 0) is 14.8 Å². The lowest BCUT2D eigenvalue weighted by Crippen LogP contribution is -2.32. The van der Waals surface area contributed by atoms with Crippen molar-refractivity contribution in [1.29, 1.82) is 0 Å². The topological polar surface area (TPSA) is 92.3 Å². The summed E-state index contributed by atoms with van der Waals surface area (Å²) in [4.78, 5) is 23.5. The summed E-state index contributed by atoms with van der Waals surface area (Å²) in [5.41, 5.74) is 2.61. The lowest BCUT2D eigenvalue weighted by atomic mass is 10.0. The molecule has 0 aliphatic rings. The first-order valence-electron chi connectivity index (χ1n) is 9.19. The summed E-state index contributed by atoms with van der Waals surface area (Å²) < 4.78 is 27.0. The smallest absolute Gasteiger partial charge is 0.240 e. The number of hydrogen-bond acceptors (Lipinski definition) is 4. The molecule has 7 heteroatoms. The molecule has 0 radical (unpaired) electrons. The number of ketones is 1. The van der Waals surface area contributed by atoms with E-state index in [1.165, 1.54) is 31.2 Å². The number of carbonyl (C=O) groups is 2. The Labute approximate surface area is 166 Å². The van der Waals surface area contributed by atoms with E-state index in [1.54, 1.807) is 0 Å². The Hall–Kier alpha value is -2.51. The van der Waals surface area contributed by atoms with Gasteiger partial charge < -0.3 is 5.32 Å². The largest absolute Gasteiger partial charge is 0.349 e. The molecule has 1 atom stereocenters. The Morgan fingerprint density at radius 1 is 1.00 bits per heavy atom. The van der Waals surface area contributed by atoms with Crippen LogP contribution in [0.1, 0.15) is 54.2 Å². The zero-order valence-corrected chi connectivity index (χ0v) is 17.2. The van der Waals surface area contributed by atoms with Crippen LogP contribution in [0, 0.1) is 6.92 Å². The molecule has 2 aromatic carbocycles. The van der Waals surface area contributed by atoms with Gasteiger partial charge in [-0.05, 0) is 38.0 Å². The Bertz CT molecular complexity index is 920. The van der Waals surface area contributed by atoms with Crippen molar-refractivity contribution in [1.82, 2.24) is 10.0 Å². The molecule has 1 amide bonds. The first kappa shape index (κ1) is 21.8. The molecule has 0 aliphatic heterocycles. The minimum absolute atomic E-state index is 0.00699. The molecule has 150 valence electrons. The maximum atomic E-state index is 12.3. The van der Waals surface area contributed by atoms with Crippen LogP contribution < -0.4 is 10.0 Å². The summed E-state index contributed by atoms with van der Waals surface area (Å²) in [5.74, 6) is -0.352. The van der Waals surface area contributed by atoms with Crippen LogP contribution in [0.3, 0.4) is 0 Å². The fourth-order valence-corrected chi connectivity index (χ4v) is 3.77.